The summed E-state index contributed by atoms with van der Waals surface area (Å²) < 4.78 is 0.769. The van der Waals surface area contributed by atoms with Gasteiger partial charge in [-0.05, 0) is 12.1 Å². The molecule has 1 fully saturated rings. The Hall–Kier alpha value is -1.38. The molecule has 1 aromatic carbocycles. The zero-order valence-electron chi connectivity index (χ0n) is 10.4. The second-order valence-electron chi connectivity index (χ2n) is 4.01. The van der Waals surface area contributed by atoms with E-state index in [2.05, 4.69) is 31.4 Å². The number of aliphatic carboxylic acids is 1. The molecule has 1 heterocycles. The number of carbonyl (C=O) groups is 2. The van der Waals surface area contributed by atoms with Crippen LogP contribution in [0, 0.1) is 0 Å². The molecule has 0 aromatic heterocycles. The minimum absolute atomic E-state index is 0.248. The molecule has 9 heteroatoms. The van der Waals surface area contributed by atoms with E-state index in [9.17, 15) is 9.59 Å². The maximum Gasteiger partial charge on any atom is 0.305 e. The molecular weight excluding hydrogens is 382 g/mol. The number of amidine groups is 1. The number of rotatable bonds is 4. The van der Waals surface area contributed by atoms with Crippen molar-refractivity contribution in [3.05, 3.63) is 33.3 Å². The third-order valence-electron chi connectivity index (χ3n) is 2.44. The number of benzene rings is 1. The van der Waals surface area contributed by atoms with Gasteiger partial charge in [0.2, 0.25) is 5.91 Å². The molecule has 0 radical (unpaired) electrons. The van der Waals surface area contributed by atoms with Crippen LogP contribution in [-0.2, 0) is 9.59 Å². The van der Waals surface area contributed by atoms with Crippen LogP contribution in [0.2, 0.25) is 5.02 Å². The van der Waals surface area contributed by atoms with Gasteiger partial charge in [0.25, 0.3) is 0 Å². The lowest BCUT2D eigenvalue weighted by molar-refractivity contribution is -0.138. The molecule has 21 heavy (non-hydrogen) atoms. The normalized spacial score (nSPS) is 20.2. The molecule has 0 spiro atoms. The van der Waals surface area contributed by atoms with Crippen LogP contribution in [0.25, 0.3) is 0 Å². The molecule has 1 amide bonds. The molecule has 2 rings (SSSR count). The number of hydrogen-bond acceptors (Lipinski definition) is 5. The Labute approximate surface area is 137 Å². The molecule has 1 aliphatic rings. The minimum Gasteiger partial charge on any atom is -0.481 e. The molecule has 1 atom stereocenters. The van der Waals surface area contributed by atoms with E-state index in [1.807, 2.05) is 0 Å². The highest BCUT2D eigenvalue weighted by atomic mass is 79.9. The number of carbonyl (C=O) groups excluding carboxylic acids is 1. The lowest BCUT2D eigenvalue weighted by Crippen LogP contribution is -2.26. The van der Waals surface area contributed by atoms with Gasteiger partial charge in [-0.2, -0.15) is 5.10 Å². The van der Waals surface area contributed by atoms with Crippen LogP contribution in [0.1, 0.15) is 12.0 Å². The highest BCUT2D eigenvalue weighted by molar-refractivity contribution is 9.10. The summed E-state index contributed by atoms with van der Waals surface area (Å²) >= 11 is 10.2. The molecular formula is C12H9BrClN3O3S. The van der Waals surface area contributed by atoms with Crippen LogP contribution in [0.15, 0.2) is 32.9 Å². The minimum atomic E-state index is -1.03. The fourth-order valence-electron chi connectivity index (χ4n) is 1.49. The van der Waals surface area contributed by atoms with E-state index < -0.39 is 11.2 Å². The van der Waals surface area contributed by atoms with Gasteiger partial charge in [-0.1, -0.05) is 45.4 Å². The van der Waals surface area contributed by atoms with Gasteiger partial charge < -0.3 is 10.4 Å². The van der Waals surface area contributed by atoms with Crippen molar-refractivity contribution in [2.45, 2.75) is 11.7 Å². The third kappa shape index (κ3) is 4.55. The first-order valence-electron chi connectivity index (χ1n) is 5.71. The molecule has 1 aliphatic heterocycles. The lowest BCUT2D eigenvalue weighted by Gasteiger charge is -1.98. The Kier molecular flexibility index (Phi) is 5.38. The number of amides is 1. The van der Waals surface area contributed by atoms with E-state index in [-0.39, 0.29) is 17.5 Å². The summed E-state index contributed by atoms with van der Waals surface area (Å²) in [4.78, 5) is 22.1. The molecule has 1 aromatic rings. The van der Waals surface area contributed by atoms with Gasteiger partial charge in [-0.25, -0.2) is 0 Å². The molecule has 0 bridgehead atoms. The Morgan fingerprint density at radius 2 is 2.33 bits per heavy atom. The number of halogens is 2. The highest BCUT2D eigenvalue weighted by Crippen LogP contribution is 2.23. The maximum absolute atomic E-state index is 11.5. The number of nitrogens with zero attached hydrogens (tertiary/aromatic N) is 2. The van der Waals surface area contributed by atoms with E-state index in [1.54, 1.807) is 18.2 Å². The van der Waals surface area contributed by atoms with Crippen LogP contribution in [0.4, 0.5) is 0 Å². The SMILES string of the molecule is O=C(O)CC1SC(=NN=Cc2ccc(Cl)cc2Br)NC1=O. The Balaban J connectivity index is 2.03. The number of thioether (sulfide) groups is 1. The summed E-state index contributed by atoms with van der Waals surface area (Å²) in [6.45, 7) is 0. The van der Waals surface area contributed by atoms with Crippen molar-refractivity contribution in [1.29, 1.82) is 0 Å². The number of carboxylic acids is 1. The average Bonchev–Trinajstić information content (AvgIpc) is 2.72. The number of hydrogen-bond donors (Lipinski definition) is 2. The van der Waals surface area contributed by atoms with Crippen LogP contribution < -0.4 is 5.32 Å². The first-order chi connectivity index (χ1) is 9.95. The molecule has 2 N–H and O–H groups in total. The fraction of sp³-hybridized carbons (Fsp3) is 0.167. The molecule has 110 valence electrons. The highest BCUT2D eigenvalue weighted by Gasteiger charge is 2.32. The quantitative estimate of drug-likeness (QED) is 0.610. The van der Waals surface area contributed by atoms with Crippen molar-refractivity contribution in [1.82, 2.24) is 5.32 Å². The number of nitrogens with one attached hydrogen (secondary N) is 1. The van der Waals surface area contributed by atoms with Gasteiger partial charge >= 0.3 is 5.97 Å². The van der Waals surface area contributed by atoms with Crippen LogP contribution in [0.3, 0.4) is 0 Å². The topological polar surface area (TPSA) is 91.1 Å². The Bertz CT molecular complexity index is 651. The van der Waals surface area contributed by atoms with Crippen molar-refractivity contribution in [3.63, 3.8) is 0 Å². The van der Waals surface area contributed by atoms with E-state index in [4.69, 9.17) is 16.7 Å². The smallest absolute Gasteiger partial charge is 0.305 e. The van der Waals surface area contributed by atoms with Crippen molar-refractivity contribution in [3.8, 4) is 0 Å². The second kappa shape index (κ2) is 7.06. The first-order valence-corrected chi connectivity index (χ1v) is 7.76. The zero-order chi connectivity index (χ0) is 15.4. The van der Waals surface area contributed by atoms with Gasteiger partial charge in [0.05, 0.1) is 12.6 Å². The van der Waals surface area contributed by atoms with Gasteiger partial charge in [0.1, 0.15) is 5.25 Å². The van der Waals surface area contributed by atoms with E-state index in [1.165, 1.54) is 6.21 Å². The first kappa shape index (κ1) is 16.0. The van der Waals surface area contributed by atoms with Crippen LogP contribution >= 0.6 is 39.3 Å². The Morgan fingerprint density at radius 3 is 3.00 bits per heavy atom. The van der Waals surface area contributed by atoms with Gasteiger partial charge in [-0.15, -0.1) is 5.10 Å². The van der Waals surface area contributed by atoms with Crippen LogP contribution in [0.5, 0.6) is 0 Å². The predicted molar refractivity (Wildman–Crippen MR) is 86.0 cm³/mol. The van der Waals surface area contributed by atoms with Gasteiger partial charge in [0, 0.05) is 15.1 Å². The second-order valence-corrected chi connectivity index (χ2v) is 6.49. The van der Waals surface area contributed by atoms with Crippen LogP contribution in [-0.4, -0.2) is 33.6 Å². The largest absolute Gasteiger partial charge is 0.481 e. The summed E-state index contributed by atoms with van der Waals surface area (Å²) in [5.41, 5.74) is 0.778. The van der Waals surface area contributed by atoms with Gasteiger partial charge in [0.15, 0.2) is 5.17 Å². The lowest BCUT2D eigenvalue weighted by atomic mass is 10.2. The summed E-state index contributed by atoms with van der Waals surface area (Å²) in [7, 11) is 0. The monoisotopic (exact) mass is 389 g/mol. The average molecular weight is 391 g/mol. The number of carboxylic acid groups (broad SMARTS) is 1. The van der Waals surface area contributed by atoms with E-state index >= 15 is 0 Å². The summed E-state index contributed by atoms with van der Waals surface area (Å²) in [5.74, 6) is -1.40. The fourth-order valence-corrected chi connectivity index (χ4v) is 3.20. The van der Waals surface area contributed by atoms with E-state index in [0.29, 0.717) is 5.02 Å². The van der Waals surface area contributed by atoms with Crippen molar-refractivity contribution < 1.29 is 14.7 Å². The van der Waals surface area contributed by atoms with E-state index in [0.717, 1.165) is 21.8 Å². The molecule has 1 saturated heterocycles. The molecule has 0 aliphatic carbocycles. The summed E-state index contributed by atoms with van der Waals surface area (Å²) in [6.07, 6.45) is 1.26. The van der Waals surface area contributed by atoms with Crippen molar-refractivity contribution in [2.75, 3.05) is 0 Å². The predicted octanol–water partition coefficient (Wildman–Crippen LogP) is 2.50. The van der Waals surface area contributed by atoms with Crippen molar-refractivity contribution in [2.24, 2.45) is 10.2 Å². The maximum atomic E-state index is 11.5. The molecule has 1 unspecified atom stereocenters. The third-order valence-corrected chi connectivity index (χ3v) is 4.44. The van der Waals surface area contributed by atoms with Crippen molar-refractivity contribution >= 4 is 62.6 Å². The molecule has 0 saturated carbocycles. The molecule has 6 nitrogen and oxygen atoms in total. The summed E-state index contributed by atoms with van der Waals surface area (Å²) in [5, 5.41) is 19.1. The standard InChI is InChI=1S/C12H9BrClN3O3S/c13-8-3-7(14)2-1-6(8)5-15-17-12-16-11(20)9(21-12)4-10(18)19/h1-3,5,9H,4H2,(H,18,19)(H,16,17,20). The summed E-state index contributed by atoms with van der Waals surface area (Å²) in [6, 6.07) is 5.21. The Morgan fingerprint density at radius 1 is 1.57 bits per heavy atom. The zero-order valence-corrected chi connectivity index (χ0v) is 13.6. The van der Waals surface area contributed by atoms with Gasteiger partial charge in [-0.3, -0.25) is 9.59 Å².